The average Bonchev–Trinajstić information content (AvgIpc) is 2.72. The number of hydrogen-bond acceptors (Lipinski definition) is 5. The van der Waals surface area contributed by atoms with Gasteiger partial charge in [-0.3, -0.25) is 14.8 Å². The molecule has 29 heavy (non-hydrogen) atoms. The van der Waals surface area contributed by atoms with Gasteiger partial charge in [-0.1, -0.05) is 18.2 Å². The predicted molar refractivity (Wildman–Crippen MR) is 115 cm³/mol. The summed E-state index contributed by atoms with van der Waals surface area (Å²) >= 11 is 0. The molecule has 2 aromatic carbocycles. The third kappa shape index (κ3) is 3.89. The molecule has 3 aromatic rings. The van der Waals surface area contributed by atoms with E-state index in [0.29, 0.717) is 22.5 Å². The van der Waals surface area contributed by atoms with Crippen LogP contribution in [0.4, 0.5) is 15.9 Å². The lowest BCUT2D eigenvalue weighted by atomic mass is 9.94. The second kappa shape index (κ2) is 8.02. The number of primary amides is 1. The second-order valence-corrected chi connectivity index (χ2v) is 6.39. The van der Waals surface area contributed by atoms with Crippen molar-refractivity contribution in [1.29, 1.82) is 0 Å². The van der Waals surface area contributed by atoms with E-state index in [-0.39, 0.29) is 11.4 Å². The molecule has 1 aromatic heterocycles. The molecule has 0 aliphatic carbocycles. The lowest BCUT2D eigenvalue weighted by Gasteiger charge is -2.15. The number of hydrogen-bond donors (Lipinski definition) is 2. The van der Waals surface area contributed by atoms with Crippen LogP contribution < -0.4 is 11.5 Å². The number of halogens is 1. The highest BCUT2D eigenvalue weighted by Gasteiger charge is 2.18. The molecule has 0 aliphatic heterocycles. The van der Waals surface area contributed by atoms with Gasteiger partial charge < -0.3 is 11.5 Å². The molecular weight excluding hydrogens is 369 g/mol. The topological polar surface area (TPSA) is 107 Å². The molecule has 1 amide bonds. The number of nitrogens with two attached hydrogens (primary N) is 2. The number of rotatable bonds is 5. The molecule has 0 aliphatic rings. The molecule has 0 atom stereocenters. The molecule has 0 fully saturated rings. The number of carbonyl (C=O) groups excluding carboxylic acids is 1. The van der Waals surface area contributed by atoms with Crippen molar-refractivity contribution < 1.29 is 9.18 Å². The lowest BCUT2D eigenvalue weighted by Crippen LogP contribution is -2.15. The number of carbonyl (C=O) groups is 1. The maximum Gasteiger partial charge on any atom is 0.252 e. The van der Waals surface area contributed by atoms with Crippen LogP contribution in [-0.4, -0.2) is 30.4 Å². The molecule has 6 nitrogen and oxygen atoms in total. The van der Waals surface area contributed by atoms with Crippen LogP contribution in [0, 0.1) is 5.82 Å². The lowest BCUT2D eigenvalue weighted by molar-refractivity contribution is 0.100. The predicted octanol–water partition coefficient (Wildman–Crippen LogP) is 4.01. The Labute approximate surface area is 167 Å². The van der Waals surface area contributed by atoms with Gasteiger partial charge in [0.1, 0.15) is 11.6 Å². The molecule has 146 valence electrons. The van der Waals surface area contributed by atoms with Crippen molar-refractivity contribution in [2.75, 3.05) is 12.8 Å². The minimum absolute atomic E-state index is 0.0172. The third-order valence-corrected chi connectivity index (χ3v) is 4.62. The van der Waals surface area contributed by atoms with E-state index in [4.69, 9.17) is 11.5 Å². The minimum Gasteiger partial charge on any atom is -0.383 e. The van der Waals surface area contributed by atoms with E-state index in [9.17, 15) is 9.18 Å². The highest BCUT2D eigenvalue weighted by molar-refractivity contribution is 6.05. The highest BCUT2D eigenvalue weighted by atomic mass is 19.1. The first kappa shape index (κ1) is 19.9. The molecule has 0 bridgehead atoms. The van der Waals surface area contributed by atoms with Crippen LogP contribution in [0.2, 0.25) is 0 Å². The number of aromatic nitrogens is 1. The van der Waals surface area contributed by atoms with Crippen molar-refractivity contribution in [3.63, 3.8) is 0 Å². The Bertz CT molecular complexity index is 1150. The molecule has 0 spiro atoms. The summed E-state index contributed by atoms with van der Waals surface area (Å²) in [5.41, 5.74) is 16.0. The van der Waals surface area contributed by atoms with E-state index < -0.39 is 11.7 Å². The van der Waals surface area contributed by atoms with E-state index in [0.717, 1.165) is 16.8 Å². The Morgan fingerprint density at radius 3 is 2.48 bits per heavy atom. The molecule has 0 unspecified atom stereocenters. The third-order valence-electron chi connectivity index (χ3n) is 4.62. The van der Waals surface area contributed by atoms with E-state index in [2.05, 4.69) is 21.7 Å². The molecule has 0 saturated carbocycles. The van der Waals surface area contributed by atoms with Crippen molar-refractivity contribution in [1.82, 2.24) is 4.98 Å². The number of aliphatic imine (C=N–C) groups is 2. The molecule has 1 heterocycles. The van der Waals surface area contributed by atoms with Gasteiger partial charge in [0.15, 0.2) is 0 Å². The first-order chi connectivity index (χ1) is 13.8. The number of benzene rings is 2. The second-order valence-electron chi connectivity index (χ2n) is 6.39. The number of nitrogens with zero attached hydrogens (tertiary/aromatic N) is 3. The fourth-order valence-corrected chi connectivity index (χ4v) is 3.05. The smallest absolute Gasteiger partial charge is 0.252 e. The fourth-order valence-electron chi connectivity index (χ4n) is 3.05. The summed E-state index contributed by atoms with van der Waals surface area (Å²) in [5.74, 6) is -1.12. The van der Waals surface area contributed by atoms with E-state index in [1.54, 1.807) is 31.3 Å². The van der Waals surface area contributed by atoms with Gasteiger partial charge in [-0.25, -0.2) is 9.37 Å². The quantitative estimate of drug-likeness (QED) is 0.644. The Hall–Kier alpha value is -3.87. The zero-order chi connectivity index (χ0) is 21.1. The van der Waals surface area contributed by atoms with E-state index >= 15 is 0 Å². The van der Waals surface area contributed by atoms with Crippen molar-refractivity contribution in [2.45, 2.75) is 6.92 Å². The summed E-state index contributed by atoms with van der Waals surface area (Å²) in [4.78, 5) is 24.5. The molecule has 0 saturated heterocycles. The number of anilines is 1. The van der Waals surface area contributed by atoms with E-state index in [1.165, 1.54) is 12.1 Å². The normalized spacial score (nSPS) is 11.3. The van der Waals surface area contributed by atoms with Gasteiger partial charge in [0, 0.05) is 29.4 Å². The largest absolute Gasteiger partial charge is 0.383 e. The summed E-state index contributed by atoms with van der Waals surface area (Å²) in [6.07, 6.45) is 0. The Kier molecular flexibility index (Phi) is 5.50. The standard InChI is InChI=1S/C22H20FN5O/c1-12(26-2)16-10-13(7-8-19(16)27-3)17-11-18(22(25)29)21(24)28-20(17)14-5-4-6-15(23)9-14/h4-11H,3H2,1-2H3,(H2,24,28)(H2,25,29)/b26-12-. The SMILES string of the molecule is C=Nc1ccc(-c2cc(C(N)=O)c(N)nc2-c2cccc(F)c2)cc1/C(C)=N\C. The van der Waals surface area contributed by atoms with Crippen molar-refractivity contribution in [3.05, 3.63) is 65.5 Å². The van der Waals surface area contributed by atoms with Gasteiger partial charge in [-0.05, 0) is 49.5 Å². The Balaban J connectivity index is 2.34. The first-order valence-corrected chi connectivity index (χ1v) is 8.77. The summed E-state index contributed by atoms with van der Waals surface area (Å²) in [7, 11) is 1.68. The van der Waals surface area contributed by atoms with Crippen LogP contribution in [0.3, 0.4) is 0 Å². The van der Waals surface area contributed by atoms with Gasteiger partial charge in [-0.15, -0.1) is 0 Å². The van der Waals surface area contributed by atoms with Crippen LogP contribution in [-0.2, 0) is 0 Å². The van der Waals surface area contributed by atoms with Gasteiger partial charge >= 0.3 is 0 Å². The van der Waals surface area contributed by atoms with Crippen LogP contribution >= 0.6 is 0 Å². The summed E-state index contributed by atoms with van der Waals surface area (Å²) in [6.45, 7) is 5.46. The minimum atomic E-state index is -0.696. The van der Waals surface area contributed by atoms with Crippen LogP contribution in [0.5, 0.6) is 0 Å². The monoisotopic (exact) mass is 389 g/mol. The first-order valence-electron chi connectivity index (χ1n) is 8.77. The maximum atomic E-state index is 13.8. The number of nitrogen functional groups attached to an aromatic ring is 1. The zero-order valence-electron chi connectivity index (χ0n) is 16.1. The molecule has 3 rings (SSSR count). The summed E-state index contributed by atoms with van der Waals surface area (Å²) in [5, 5.41) is 0. The summed E-state index contributed by atoms with van der Waals surface area (Å²) in [6, 6.07) is 13.0. The van der Waals surface area contributed by atoms with Crippen molar-refractivity contribution in [3.8, 4) is 22.4 Å². The van der Waals surface area contributed by atoms with Gasteiger partial charge in [0.05, 0.1) is 16.9 Å². The molecule has 4 N–H and O–H groups in total. The molecule has 0 radical (unpaired) electrons. The van der Waals surface area contributed by atoms with E-state index in [1.807, 2.05) is 19.1 Å². The van der Waals surface area contributed by atoms with Gasteiger partial charge in [-0.2, -0.15) is 0 Å². The number of pyridine rings is 1. The number of amides is 1. The van der Waals surface area contributed by atoms with Crippen LogP contribution in [0.25, 0.3) is 22.4 Å². The van der Waals surface area contributed by atoms with Gasteiger partial charge in [0.25, 0.3) is 5.91 Å². The maximum absolute atomic E-state index is 13.8. The summed E-state index contributed by atoms with van der Waals surface area (Å²) < 4.78 is 13.8. The fraction of sp³-hybridized carbons (Fsp3) is 0.0909. The Morgan fingerprint density at radius 1 is 1.10 bits per heavy atom. The zero-order valence-corrected chi connectivity index (χ0v) is 16.1. The molecule has 7 heteroatoms. The Morgan fingerprint density at radius 2 is 1.86 bits per heavy atom. The molecular formula is C22H20FN5O. The average molecular weight is 389 g/mol. The van der Waals surface area contributed by atoms with Gasteiger partial charge in [0.2, 0.25) is 0 Å². The van der Waals surface area contributed by atoms with Crippen molar-refractivity contribution in [2.24, 2.45) is 15.7 Å². The van der Waals surface area contributed by atoms with Crippen LogP contribution in [0.1, 0.15) is 22.8 Å². The van der Waals surface area contributed by atoms with Crippen molar-refractivity contribution >= 4 is 29.8 Å². The highest BCUT2D eigenvalue weighted by Crippen LogP contribution is 2.35. The van der Waals surface area contributed by atoms with Crippen LogP contribution in [0.15, 0.2) is 58.5 Å².